The first-order valence-corrected chi connectivity index (χ1v) is 11.5. The summed E-state index contributed by atoms with van der Waals surface area (Å²) in [7, 11) is 0.257. The topological polar surface area (TPSA) is 35.5 Å². The molecule has 0 amide bonds. The fourth-order valence-corrected chi connectivity index (χ4v) is 2.80. The molecule has 0 bridgehead atoms. The molecule has 1 aromatic carbocycles. The molecule has 0 radical (unpaired) electrons. The lowest BCUT2D eigenvalue weighted by molar-refractivity contribution is 0.0373. The van der Waals surface area contributed by atoms with E-state index in [2.05, 4.69) is 38.3 Å². The van der Waals surface area contributed by atoms with Crippen molar-refractivity contribution in [2.45, 2.75) is 51.9 Å². The maximum Gasteiger partial charge on any atom is 0.342 e. The van der Waals surface area contributed by atoms with E-state index < -0.39 is 8.07 Å². The summed E-state index contributed by atoms with van der Waals surface area (Å²) in [5.41, 5.74) is 2.72. The molecule has 3 nitrogen and oxygen atoms in total. The molecular weight excluding hydrogens is 292 g/mol. The molecule has 0 saturated heterocycles. The van der Waals surface area contributed by atoms with Crippen LogP contribution in [0, 0.1) is 0 Å². The van der Waals surface area contributed by atoms with Crippen molar-refractivity contribution in [1.82, 2.24) is 0 Å². The fourth-order valence-electron chi connectivity index (χ4n) is 2.01. The minimum Gasteiger partial charge on any atom is -0.496 e. The second kappa shape index (κ2) is 8.78. The molecule has 0 N–H and O–H groups in total. The van der Waals surface area contributed by atoms with Crippen LogP contribution in [0.3, 0.4) is 0 Å². The predicted octanol–water partition coefficient (Wildman–Crippen LogP) is 4.84. The van der Waals surface area contributed by atoms with Crippen molar-refractivity contribution >= 4 is 14.0 Å². The lowest BCUT2D eigenvalue weighted by Gasteiger charge is -2.17. The van der Waals surface area contributed by atoms with Crippen LogP contribution in [0.4, 0.5) is 0 Å². The van der Waals surface area contributed by atoms with Gasteiger partial charge in [0.2, 0.25) is 0 Å². The molecule has 0 unspecified atom stereocenters. The number of carbonyl (C=O) groups excluding carboxylic acids is 1. The Morgan fingerprint density at radius 3 is 2.55 bits per heavy atom. The van der Waals surface area contributed by atoms with E-state index in [1.165, 1.54) is 0 Å². The van der Waals surface area contributed by atoms with Crippen LogP contribution < -0.4 is 4.74 Å². The number of para-hydroxylation sites is 1. The van der Waals surface area contributed by atoms with E-state index >= 15 is 0 Å². The molecule has 0 aromatic heterocycles. The summed E-state index contributed by atoms with van der Waals surface area (Å²) in [5, 5.41) is 0. The highest BCUT2D eigenvalue weighted by atomic mass is 28.3. The van der Waals surface area contributed by atoms with Gasteiger partial charge in [0.15, 0.2) is 0 Å². The fraction of sp³-hybridized carbons (Fsp3) is 0.500. The van der Waals surface area contributed by atoms with Crippen LogP contribution in [0.15, 0.2) is 36.0 Å². The standard InChI is InChI=1S/C18H28O3Si/c1-6-7-10-15(13-14-22(3,4)5)21-18(19)16-11-8-9-12-17(16)20-2/h8-9,11-15H,6-7,10H2,1-5H3/b14-13+/t15-/m0/s1. The number of methoxy groups -OCH3 is 1. The van der Waals surface area contributed by atoms with Gasteiger partial charge in [0.05, 0.1) is 15.2 Å². The van der Waals surface area contributed by atoms with E-state index in [-0.39, 0.29) is 12.1 Å². The van der Waals surface area contributed by atoms with Gasteiger partial charge in [-0.2, -0.15) is 0 Å². The van der Waals surface area contributed by atoms with Crippen molar-refractivity contribution in [2.75, 3.05) is 7.11 Å². The van der Waals surface area contributed by atoms with Crippen molar-refractivity contribution in [3.05, 3.63) is 41.6 Å². The van der Waals surface area contributed by atoms with Crippen molar-refractivity contribution in [3.8, 4) is 5.75 Å². The van der Waals surface area contributed by atoms with Gasteiger partial charge in [0.25, 0.3) is 0 Å². The molecule has 122 valence electrons. The average Bonchev–Trinajstić information content (AvgIpc) is 2.48. The zero-order valence-corrected chi connectivity index (χ0v) is 15.4. The molecule has 1 atom stereocenters. The molecule has 1 rings (SSSR count). The smallest absolute Gasteiger partial charge is 0.342 e. The highest BCUT2D eigenvalue weighted by molar-refractivity contribution is 6.80. The van der Waals surface area contributed by atoms with Crippen LogP contribution in [0.1, 0.15) is 36.5 Å². The van der Waals surface area contributed by atoms with E-state index in [1.54, 1.807) is 19.2 Å². The second-order valence-corrected chi connectivity index (χ2v) is 11.6. The van der Waals surface area contributed by atoms with Gasteiger partial charge in [-0.25, -0.2) is 4.79 Å². The summed E-state index contributed by atoms with van der Waals surface area (Å²) in [6.07, 6.45) is 4.89. The molecule has 0 aliphatic rings. The van der Waals surface area contributed by atoms with Gasteiger partial charge in [-0.3, -0.25) is 0 Å². The minimum absolute atomic E-state index is 0.163. The average molecular weight is 321 g/mol. The monoisotopic (exact) mass is 320 g/mol. The molecular formula is C18H28O3Si. The number of rotatable bonds is 8. The minimum atomic E-state index is -1.30. The van der Waals surface area contributed by atoms with Crippen LogP contribution in [-0.4, -0.2) is 27.3 Å². The van der Waals surface area contributed by atoms with E-state index in [9.17, 15) is 4.79 Å². The third kappa shape index (κ3) is 6.48. The molecule has 22 heavy (non-hydrogen) atoms. The van der Waals surface area contributed by atoms with Gasteiger partial charge >= 0.3 is 5.97 Å². The van der Waals surface area contributed by atoms with Gasteiger partial charge in [-0.1, -0.05) is 56.9 Å². The van der Waals surface area contributed by atoms with Crippen LogP contribution >= 0.6 is 0 Å². The Balaban J connectivity index is 2.84. The molecule has 0 fully saturated rings. The highest BCUT2D eigenvalue weighted by Gasteiger charge is 2.18. The van der Waals surface area contributed by atoms with Crippen molar-refractivity contribution < 1.29 is 14.3 Å². The molecule has 0 heterocycles. The molecule has 1 aromatic rings. The summed E-state index contributed by atoms with van der Waals surface area (Å²) >= 11 is 0. The lowest BCUT2D eigenvalue weighted by atomic mass is 10.1. The molecule has 0 spiro atoms. The third-order valence-corrected chi connectivity index (χ3v) is 4.43. The van der Waals surface area contributed by atoms with Crippen molar-refractivity contribution in [2.24, 2.45) is 0 Å². The van der Waals surface area contributed by atoms with Gasteiger partial charge in [-0.05, 0) is 25.0 Å². The Hall–Kier alpha value is -1.55. The van der Waals surface area contributed by atoms with Crippen molar-refractivity contribution in [1.29, 1.82) is 0 Å². The van der Waals surface area contributed by atoms with Crippen LogP contribution in [0.5, 0.6) is 5.75 Å². The molecule has 0 aliphatic heterocycles. The number of hydrogen-bond acceptors (Lipinski definition) is 3. The molecule has 4 heteroatoms. The number of benzene rings is 1. The van der Waals surface area contributed by atoms with Crippen LogP contribution in [0.2, 0.25) is 19.6 Å². The predicted molar refractivity (Wildman–Crippen MR) is 94.2 cm³/mol. The number of ether oxygens (including phenoxy) is 2. The van der Waals surface area contributed by atoms with Crippen molar-refractivity contribution in [3.63, 3.8) is 0 Å². The summed E-state index contributed by atoms with van der Waals surface area (Å²) in [4.78, 5) is 12.4. The Kier molecular flexibility index (Phi) is 7.39. The highest BCUT2D eigenvalue weighted by Crippen LogP contribution is 2.20. The van der Waals surface area contributed by atoms with Crippen LogP contribution in [-0.2, 0) is 4.74 Å². The number of esters is 1. The first kappa shape index (κ1) is 18.5. The number of carbonyl (C=O) groups is 1. The lowest BCUT2D eigenvalue weighted by Crippen LogP contribution is -2.21. The zero-order chi connectivity index (χ0) is 16.6. The summed E-state index contributed by atoms with van der Waals surface area (Å²) < 4.78 is 10.9. The largest absolute Gasteiger partial charge is 0.496 e. The summed E-state index contributed by atoms with van der Waals surface area (Å²) in [6, 6.07) is 7.17. The molecule has 0 saturated carbocycles. The Labute approximate surface area is 135 Å². The SMILES string of the molecule is CCCC[C@@H](/C=C/[Si](C)(C)C)OC(=O)c1ccccc1OC. The maximum atomic E-state index is 12.4. The van der Waals surface area contributed by atoms with E-state index in [4.69, 9.17) is 9.47 Å². The zero-order valence-electron chi connectivity index (χ0n) is 14.4. The van der Waals surface area contributed by atoms with Gasteiger partial charge in [-0.15, -0.1) is 0 Å². The van der Waals surface area contributed by atoms with Crippen LogP contribution in [0.25, 0.3) is 0 Å². The first-order valence-electron chi connectivity index (χ1n) is 7.90. The third-order valence-electron chi connectivity index (χ3n) is 3.24. The van der Waals surface area contributed by atoms with Gasteiger partial charge in [0.1, 0.15) is 17.4 Å². The Morgan fingerprint density at radius 1 is 1.27 bits per heavy atom. The van der Waals surface area contributed by atoms with E-state index in [1.807, 2.05) is 12.1 Å². The van der Waals surface area contributed by atoms with Gasteiger partial charge in [0, 0.05) is 0 Å². The molecule has 0 aliphatic carbocycles. The maximum absolute atomic E-state index is 12.4. The summed E-state index contributed by atoms with van der Waals surface area (Å²) in [5.74, 6) is 0.231. The normalized spacial score (nSPS) is 13.1. The Bertz CT molecular complexity index is 503. The van der Waals surface area contributed by atoms with E-state index in [0.29, 0.717) is 11.3 Å². The van der Waals surface area contributed by atoms with E-state index in [0.717, 1.165) is 19.3 Å². The van der Waals surface area contributed by atoms with Gasteiger partial charge < -0.3 is 9.47 Å². The number of unbranched alkanes of at least 4 members (excludes halogenated alkanes) is 1. The summed E-state index contributed by atoms with van der Waals surface area (Å²) in [6.45, 7) is 8.94. The number of hydrogen-bond donors (Lipinski definition) is 0. The first-order chi connectivity index (χ1) is 10.4. The quantitative estimate of drug-likeness (QED) is 0.507. The Morgan fingerprint density at radius 2 is 1.95 bits per heavy atom. The second-order valence-electron chi connectivity index (χ2n) is 6.51.